The molecule has 0 aliphatic heterocycles. The summed E-state index contributed by atoms with van der Waals surface area (Å²) < 4.78 is 0. The molecule has 0 amide bonds. The quantitative estimate of drug-likeness (QED) is 0.391. The Morgan fingerprint density at radius 1 is 0.500 bits per heavy atom. The molecule has 0 unspecified atom stereocenters. The summed E-state index contributed by atoms with van der Waals surface area (Å²) in [4.78, 5) is 0. The van der Waals surface area contributed by atoms with E-state index in [-0.39, 0.29) is 51.0 Å². The fraction of sp³-hybridized carbons (Fsp3) is 0. The van der Waals surface area contributed by atoms with E-state index in [2.05, 4.69) is 0 Å². The molecule has 32 valence electrons. The molecule has 0 aromatic carbocycles. The first-order valence-corrected chi connectivity index (χ1v) is 0. The van der Waals surface area contributed by atoms with Crippen LogP contribution < -0.4 is 0 Å². The Hall–Kier alpha value is 0.554. The molecule has 0 radical (unpaired) electrons. The molecule has 6 heavy (non-hydrogen) atoms. The van der Waals surface area contributed by atoms with Gasteiger partial charge in [-0.05, 0) is 0 Å². The summed E-state index contributed by atoms with van der Waals surface area (Å²) in [6.07, 6.45) is 0. The molecule has 0 rings (SSSR count). The van der Waals surface area contributed by atoms with E-state index in [0.717, 1.165) is 0 Å². The van der Waals surface area contributed by atoms with Gasteiger partial charge in [-0.2, -0.15) is 0 Å². The van der Waals surface area contributed by atoms with Crippen molar-refractivity contribution in [3.63, 3.8) is 0 Å². The van der Waals surface area contributed by atoms with E-state index in [1.165, 1.54) is 0 Å². The summed E-state index contributed by atoms with van der Waals surface area (Å²) in [7, 11) is 0. The summed E-state index contributed by atoms with van der Waals surface area (Å²) in [5, 5.41) is 0. The summed E-state index contributed by atoms with van der Waals surface area (Å²) in [5.74, 6) is 0. The van der Waals surface area contributed by atoms with Crippen LogP contribution in [0.4, 0.5) is 0 Å². The fourth-order valence-electron chi connectivity index (χ4n) is 0. The third kappa shape index (κ3) is 187. The summed E-state index contributed by atoms with van der Waals surface area (Å²) in [6.45, 7) is 0. The molecule has 0 atom stereocenters. The van der Waals surface area contributed by atoms with Crippen molar-refractivity contribution in [2.24, 2.45) is 0 Å². The Morgan fingerprint density at radius 3 is 0.500 bits per heavy atom. The maximum atomic E-state index is 0. The van der Waals surface area contributed by atoms with Gasteiger partial charge in [0.1, 0.15) is 0 Å². The molecule has 0 saturated carbocycles. The van der Waals surface area contributed by atoms with Gasteiger partial charge in [0.05, 0.1) is 0 Å². The molecule has 0 saturated heterocycles. The first-order chi connectivity index (χ1) is 0. The van der Waals surface area contributed by atoms with E-state index in [4.69, 9.17) is 0 Å². The zero-order chi connectivity index (χ0) is 0. The molecule has 0 aliphatic carbocycles. The smallest absolute Gasteiger partial charge is 2.00 e. The van der Waals surface area contributed by atoms with Crippen molar-refractivity contribution >= 4 is 0 Å². The Kier molecular flexibility index (Phi) is 41100. The average molecular weight is 124 g/mol. The van der Waals surface area contributed by atoms with E-state index >= 15 is 0 Å². The topological polar surface area (TPSA) is 114 Å². The maximum absolute atomic E-state index is 0. The molecule has 0 bridgehead atoms. The zero-order valence-electron chi connectivity index (χ0n) is 2.63. The van der Waals surface area contributed by atoms with Crippen LogP contribution in [0.15, 0.2) is 0 Å². The van der Waals surface area contributed by atoms with Crippen molar-refractivity contribution in [3.8, 4) is 0 Å². The number of hydrogen-bond donors (Lipinski definition) is 0. The third-order valence-corrected chi connectivity index (χ3v) is 0. The molecule has 5 heteroatoms. The minimum atomic E-state index is 0. The van der Waals surface area contributed by atoms with Crippen molar-refractivity contribution in [1.82, 2.24) is 0 Å². The van der Waals surface area contributed by atoms with E-state index in [0.29, 0.717) is 0 Å². The van der Waals surface area contributed by atoms with Gasteiger partial charge in [-0.3, -0.25) is 0 Å². The SMILES string of the molecule is [C+4].[O-2].[O-2].[O-2].[O-2].[Ti+4]. The van der Waals surface area contributed by atoms with E-state index in [9.17, 15) is 0 Å². The van der Waals surface area contributed by atoms with Crippen molar-refractivity contribution < 1.29 is 43.6 Å². The van der Waals surface area contributed by atoms with Crippen molar-refractivity contribution in [3.05, 3.63) is 7.43 Å². The van der Waals surface area contributed by atoms with Crippen LogP contribution in [-0.2, 0) is 43.6 Å². The van der Waals surface area contributed by atoms with Crippen LogP contribution in [0.25, 0.3) is 0 Å². The molecule has 0 heterocycles. The normalized spacial score (nSPS) is 0. The molecular formula is CO4Ti. The van der Waals surface area contributed by atoms with Gasteiger partial charge in [-0.25, -0.2) is 0 Å². The Labute approximate surface area is 51.7 Å². The van der Waals surface area contributed by atoms with Crippen LogP contribution in [0.3, 0.4) is 0 Å². The molecule has 0 aromatic rings. The zero-order valence-corrected chi connectivity index (χ0v) is 4.19. The van der Waals surface area contributed by atoms with Crippen LogP contribution >= 0.6 is 0 Å². The van der Waals surface area contributed by atoms with Crippen LogP contribution in [0, 0.1) is 7.43 Å². The van der Waals surface area contributed by atoms with Crippen molar-refractivity contribution in [1.29, 1.82) is 0 Å². The first-order valence-electron chi connectivity index (χ1n) is 0. The van der Waals surface area contributed by atoms with Gasteiger partial charge in [-0.1, -0.05) is 0 Å². The van der Waals surface area contributed by atoms with Crippen LogP contribution in [-0.4, -0.2) is 0 Å². The van der Waals surface area contributed by atoms with E-state index in [1.807, 2.05) is 0 Å². The number of rotatable bonds is 0. The van der Waals surface area contributed by atoms with Crippen LogP contribution in [0.2, 0.25) is 0 Å². The minimum absolute atomic E-state index is 0. The van der Waals surface area contributed by atoms with Gasteiger partial charge in [0.15, 0.2) is 0 Å². The van der Waals surface area contributed by atoms with E-state index in [1.54, 1.807) is 0 Å². The first kappa shape index (κ1) is 658. The summed E-state index contributed by atoms with van der Waals surface area (Å²) >= 11 is 0. The molecule has 0 fully saturated rings. The van der Waals surface area contributed by atoms with Crippen molar-refractivity contribution in [2.75, 3.05) is 0 Å². The Morgan fingerprint density at radius 2 is 0.500 bits per heavy atom. The molecule has 0 spiro atoms. The standard InChI is InChI=1S/C.4O.Ti/q+4;4*-2;+4. The van der Waals surface area contributed by atoms with Gasteiger partial charge in [0.2, 0.25) is 0 Å². The third-order valence-electron chi connectivity index (χ3n) is 0. The monoisotopic (exact) mass is 124 g/mol. The molecular weight excluding hydrogens is 124 g/mol. The second-order valence-electron chi connectivity index (χ2n) is 0. The average Bonchev–Trinajstić information content (AvgIpc) is 0. The minimum Gasteiger partial charge on any atom is -2.00 e. The van der Waals surface area contributed by atoms with Gasteiger partial charge in [0.25, 0.3) is 0 Å². The summed E-state index contributed by atoms with van der Waals surface area (Å²) in [6, 6.07) is 0. The van der Waals surface area contributed by atoms with Crippen LogP contribution in [0.5, 0.6) is 0 Å². The van der Waals surface area contributed by atoms with Gasteiger partial charge >= 0.3 is 29.1 Å². The molecule has 0 aromatic heterocycles. The predicted molar refractivity (Wildman–Crippen MR) is 5.99 cm³/mol. The maximum Gasteiger partial charge on any atom is 4.00 e. The van der Waals surface area contributed by atoms with Gasteiger partial charge in [0, 0.05) is 0 Å². The van der Waals surface area contributed by atoms with Crippen LogP contribution in [0.1, 0.15) is 0 Å². The largest absolute Gasteiger partial charge is 4.00 e. The van der Waals surface area contributed by atoms with Gasteiger partial charge < -0.3 is 21.9 Å². The molecule has 0 aliphatic rings. The van der Waals surface area contributed by atoms with Gasteiger partial charge in [-0.15, -0.1) is 0 Å². The summed E-state index contributed by atoms with van der Waals surface area (Å²) in [5.41, 5.74) is 0. The number of hydrogen-bond acceptors (Lipinski definition) is 0. The fourth-order valence-corrected chi connectivity index (χ4v) is 0. The molecule has 4 nitrogen and oxygen atoms in total. The molecule has 0 N–H and O–H groups in total. The Balaban J connectivity index is 0. The second-order valence-corrected chi connectivity index (χ2v) is 0. The van der Waals surface area contributed by atoms with Crippen molar-refractivity contribution in [2.45, 2.75) is 0 Å². The van der Waals surface area contributed by atoms with E-state index < -0.39 is 0 Å². The second kappa shape index (κ2) is 375. The predicted octanol–water partition coefficient (Wildman–Crippen LogP) is -0.396. The Bertz CT molecular complexity index is 7.51.